The molecule has 0 saturated carbocycles. The third kappa shape index (κ3) is 4.00. The molecule has 4 rings (SSSR count). The van der Waals surface area contributed by atoms with Gasteiger partial charge in [-0.05, 0) is 22.3 Å². The summed E-state index contributed by atoms with van der Waals surface area (Å²) in [5, 5.41) is 2.58. The third-order valence-corrected chi connectivity index (χ3v) is 5.15. The molecule has 0 unspecified atom stereocenters. The number of methoxy groups -OCH3 is 1. The molecule has 1 aromatic heterocycles. The average Bonchev–Trinajstić information content (AvgIpc) is 3.11. The van der Waals surface area contributed by atoms with Gasteiger partial charge >= 0.3 is 12.1 Å². The van der Waals surface area contributed by atoms with Gasteiger partial charge < -0.3 is 14.8 Å². The molecule has 1 aliphatic carbocycles. The third-order valence-electron chi connectivity index (χ3n) is 5.15. The van der Waals surface area contributed by atoms with Crippen LogP contribution in [0.2, 0.25) is 0 Å². The van der Waals surface area contributed by atoms with E-state index >= 15 is 0 Å². The Hall–Kier alpha value is -3.74. The van der Waals surface area contributed by atoms with E-state index in [9.17, 15) is 9.59 Å². The molecule has 1 aliphatic rings. The van der Waals surface area contributed by atoms with Gasteiger partial charge in [0, 0.05) is 30.9 Å². The van der Waals surface area contributed by atoms with E-state index in [1.165, 1.54) is 25.7 Å². The van der Waals surface area contributed by atoms with E-state index in [-0.39, 0.29) is 18.9 Å². The Balaban J connectivity index is 1.44. The van der Waals surface area contributed by atoms with Crippen molar-refractivity contribution in [3.8, 4) is 11.1 Å². The first-order chi connectivity index (χ1) is 14.7. The highest BCUT2D eigenvalue weighted by atomic mass is 16.6. The molecular formula is C23H21N3O4. The van der Waals surface area contributed by atoms with Gasteiger partial charge in [-0.25, -0.2) is 9.59 Å². The Bertz CT molecular complexity index is 1010. The van der Waals surface area contributed by atoms with Crippen LogP contribution in [-0.4, -0.2) is 41.8 Å². The molecule has 3 aromatic rings. The molecule has 1 amide bonds. The molecule has 7 heteroatoms. The molecule has 0 saturated heterocycles. The number of esters is 1. The van der Waals surface area contributed by atoms with Crippen LogP contribution in [0.3, 0.4) is 0 Å². The van der Waals surface area contributed by atoms with Gasteiger partial charge in [-0.1, -0.05) is 48.5 Å². The second kappa shape index (κ2) is 8.73. The van der Waals surface area contributed by atoms with Gasteiger partial charge in [0.05, 0.1) is 12.8 Å². The zero-order chi connectivity index (χ0) is 20.9. The molecule has 0 fully saturated rings. The summed E-state index contributed by atoms with van der Waals surface area (Å²) in [6.07, 6.45) is 4.07. The van der Waals surface area contributed by atoms with Crippen LogP contribution in [0.25, 0.3) is 11.1 Å². The highest BCUT2D eigenvalue weighted by molar-refractivity contribution is 5.82. The topological polar surface area (TPSA) is 90.4 Å². The van der Waals surface area contributed by atoms with Gasteiger partial charge in [-0.15, -0.1) is 0 Å². The summed E-state index contributed by atoms with van der Waals surface area (Å²) in [7, 11) is 1.27. The zero-order valence-electron chi connectivity index (χ0n) is 16.4. The van der Waals surface area contributed by atoms with Crippen LogP contribution in [0.1, 0.15) is 22.7 Å². The van der Waals surface area contributed by atoms with E-state index in [4.69, 9.17) is 9.47 Å². The standard InChI is InChI=1S/C23H21N3O4/c1-29-22(27)21(12-15-13-24-10-11-25-15)26-23(28)30-14-20-18-8-4-2-6-16(18)17-7-3-5-9-19(17)20/h2-11,13,20-21H,12,14H2,1H3,(H,26,28)/t21-/m0/s1. The Morgan fingerprint density at radius 1 is 1.03 bits per heavy atom. The SMILES string of the molecule is COC(=O)[C@H](Cc1cnccn1)NC(=O)OCC1c2ccccc2-c2ccccc21. The maximum atomic E-state index is 12.5. The molecule has 0 bridgehead atoms. The molecule has 152 valence electrons. The van der Waals surface area contributed by atoms with Gasteiger partial charge in [-0.3, -0.25) is 9.97 Å². The van der Waals surface area contributed by atoms with Crippen LogP contribution in [0.5, 0.6) is 0 Å². The van der Waals surface area contributed by atoms with Crippen molar-refractivity contribution in [2.45, 2.75) is 18.4 Å². The Kier molecular flexibility index (Phi) is 5.70. The van der Waals surface area contributed by atoms with E-state index in [1.54, 1.807) is 0 Å². The van der Waals surface area contributed by atoms with Crippen molar-refractivity contribution in [2.75, 3.05) is 13.7 Å². The minimum absolute atomic E-state index is 0.0558. The van der Waals surface area contributed by atoms with Gasteiger partial charge in [0.15, 0.2) is 0 Å². The molecule has 1 heterocycles. The minimum Gasteiger partial charge on any atom is -0.467 e. The normalized spacial score (nSPS) is 13.1. The number of amides is 1. The number of carbonyl (C=O) groups excluding carboxylic acids is 2. The fraction of sp³-hybridized carbons (Fsp3) is 0.217. The molecule has 30 heavy (non-hydrogen) atoms. The van der Waals surface area contributed by atoms with E-state index < -0.39 is 18.1 Å². The summed E-state index contributed by atoms with van der Waals surface area (Å²) in [6, 6.07) is 15.3. The van der Waals surface area contributed by atoms with Crippen molar-refractivity contribution in [3.05, 3.63) is 83.9 Å². The van der Waals surface area contributed by atoms with Crippen LogP contribution in [0.15, 0.2) is 67.1 Å². The lowest BCUT2D eigenvalue weighted by Crippen LogP contribution is -2.43. The monoisotopic (exact) mass is 403 g/mol. The summed E-state index contributed by atoms with van der Waals surface area (Å²) in [6.45, 7) is 0.166. The van der Waals surface area contributed by atoms with Crippen LogP contribution in [0, 0.1) is 0 Å². The number of rotatable bonds is 6. The quantitative estimate of drug-likeness (QED) is 0.636. The van der Waals surface area contributed by atoms with E-state index in [2.05, 4.69) is 27.4 Å². The van der Waals surface area contributed by atoms with Crippen molar-refractivity contribution < 1.29 is 19.1 Å². The summed E-state index contributed by atoms with van der Waals surface area (Å²) in [5.41, 5.74) is 5.10. The first kappa shape index (κ1) is 19.6. The summed E-state index contributed by atoms with van der Waals surface area (Å²) >= 11 is 0. The maximum Gasteiger partial charge on any atom is 0.407 e. The fourth-order valence-corrected chi connectivity index (χ4v) is 3.76. The first-order valence-electron chi connectivity index (χ1n) is 9.61. The second-order valence-corrected chi connectivity index (χ2v) is 6.95. The molecule has 0 aliphatic heterocycles. The van der Waals surface area contributed by atoms with Crippen molar-refractivity contribution >= 4 is 12.1 Å². The lowest BCUT2D eigenvalue weighted by Gasteiger charge is -2.18. The Labute approximate surface area is 174 Å². The predicted octanol–water partition coefficient (Wildman–Crippen LogP) is 3.10. The fourth-order valence-electron chi connectivity index (χ4n) is 3.76. The maximum absolute atomic E-state index is 12.5. The van der Waals surface area contributed by atoms with Crippen LogP contribution in [-0.2, 0) is 20.7 Å². The highest BCUT2D eigenvalue weighted by Gasteiger charge is 2.30. The number of nitrogens with one attached hydrogen (secondary N) is 1. The first-order valence-corrected chi connectivity index (χ1v) is 9.61. The number of alkyl carbamates (subject to hydrolysis) is 1. The summed E-state index contributed by atoms with van der Waals surface area (Å²) in [5.74, 6) is -0.631. The Morgan fingerprint density at radius 3 is 2.30 bits per heavy atom. The minimum atomic E-state index is -0.914. The van der Waals surface area contributed by atoms with E-state index in [0.717, 1.165) is 22.3 Å². The van der Waals surface area contributed by atoms with Crippen LogP contribution >= 0.6 is 0 Å². The molecule has 1 atom stereocenters. The van der Waals surface area contributed by atoms with E-state index in [1.807, 2.05) is 36.4 Å². The zero-order valence-corrected chi connectivity index (χ0v) is 16.4. The van der Waals surface area contributed by atoms with Gasteiger partial charge in [-0.2, -0.15) is 0 Å². The average molecular weight is 403 g/mol. The summed E-state index contributed by atoms with van der Waals surface area (Å²) < 4.78 is 10.3. The number of nitrogens with zero attached hydrogens (tertiary/aromatic N) is 2. The molecule has 0 spiro atoms. The molecule has 1 N–H and O–H groups in total. The molecule has 7 nitrogen and oxygen atoms in total. The number of carbonyl (C=O) groups is 2. The van der Waals surface area contributed by atoms with E-state index in [0.29, 0.717) is 5.69 Å². The van der Waals surface area contributed by atoms with Crippen molar-refractivity contribution in [3.63, 3.8) is 0 Å². The van der Waals surface area contributed by atoms with Gasteiger partial charge in [0.1, 0.15) is 12.6 Å². The van der Waals surface area contributed by atoms with Crippen molar-refractivity contribution in [2.24, 2.45) is 0 Å². The number of ether oxygens (including phenoxy) is 2. The van der Waals surface area contributed by atoms with Crippen LogP contribution in [0.4, 0.5) is 4.79 Å². The number of benzene rings is 2. The van der Waals surface area contributed by atoms with Crippen LogP contribution < -0.4 is 5.32 Å². The lowest BCUT2D eigenvalue weighted by molar-refractivity contribution is -0.143. The number of hydrogen-bond acceptors (Lipinski definition) is 6. The smallest absolute Gasteiger partial charge is 0.407 e. The predicted molar refractivity (Wildman–Crippen MR) is 110 cm³/mol. The second-order valence-electron chi connectivity index (χ2n) is 6.95. The van der Waals surface area contributed by atoms with Crippen molar-refractivity contribution in [1.29, 1.82) is 0 Å². The number of fused-ring (bicyclic) bond motifs is 3. The largest absolute Gasteiger partial charge is 0.467 e. The lowest BCUT2D eigenvalue weighted by atomic mass is 9.98. The molecule has 0 radical (unpaired) electrons. The molecular weight excluding hydrogens is 382 g/mol. The summed E-state index contributed by atoms with van der Waals surface area (Å²) in [4.78, 5) is 32.7. The van der Waals surface area contributed by atoms with Gasteiger partial charge in [0.25, 0.3) is 0 Å². The highest BCUT2D eigenvalue weighted by Crippen LogP contribution is 2.44. The van der Waals surface area contributed by atoms with Gasteiger partial charge in [0.2, 0.25) is 0 Å². The number of hydrogen-bond donors (Lipinski definition) is 1. The number of aromatic nitrogens is 2. The van der Waals surface area contributed by atoms with Crippen molar-refractivity contribution in [1.82, 2.24) is 15.3 Å². The molecule has 2 aromatic carbocycles. The Morgan fingerprint density at radius 2 is 1.70 bits per heavy atom.